The van der Waals surface area contributed by atoms with Crippen LogP contribution in [0.25, 0.3) is 16.6 Å². The second-order valence-corrected chi connectivity index (χ2v) is 9.67. The molecule has 0 bridgehead atoms. The standard InChI is InChI=1S/C23H24N2O4S2/c1-17(2)21(25-31(27,28)14-13-18-9-5-3-6-10-18)23(26)29-15-20-16-30-22(24-20)19-11-7-4-8-12-19/h3-14,16-17,21,25H,15H2,1-2H3/b14-13+/t21-/m0/s1. The molecule has 162 valence electrons. The van der Waals surface area contributed by atoms with Gasteiger partial charge in [-0.05, 0) is 17.6 Å². The molecule has 1 N–H and O–H groups in total. The molecule has 1 aromatic heterocycles. The molecule has 0 saturated carbocycles. The van der Waals surface area contributed by atoms with E-state index in [1.807, 2.05) is 53.9 Å². The van der Waals surface area contributed by atoms with Gasteiger partial charge in [0, 0.05) is 16.4 Å². The Balaban J connectivity index is 1.61. The van der Waals surface area contributed by atoms with Gasteiger partial charge in [-0.2, -0.15) is 4.72 Å². The molecule has 0 spiro atoms. The fourth-order valence-corrected chi connectivity index (χ4v) is 4.67. The summed E-state index contributed by atoms with van der Waals surface area (Å²) >= 11 is 1.46. The van der Waals surface area contributed by atoms with Crippen molar-refractivity contribution in [2.75, 3.05) is 0 Å². The van der Waals surface area contributed by atoms with E-state index in [2.05, 4.69) is 9.71 Å². The quantitative estimate of drug-likeness (QED) is 0.480. The third-order valence-corrected chi connectivity index (χ3v) is 6.40. The number of benzene rings is 2. The van der Waals surface area contributed by atoms with Gasteiger partial charge in [-0.25, -0.2) is 13.4 Å². The van der Waals surface area contributed by atoms with Crippen LogP contribution in [0.3, 0.4) is 0 Å². The van der Waals surface area contributed by atoms with Gasteiger partial charge in [-0.3, -0.25) is 4.79 Å². The molecule has 6 nitrogen and oxygen atoms in total. The van der Waals surface area contributed by atoms with Crippen LogP contribution in [0, 0.1) is 5.92 Å². The second-order valence-electron chi connectivity index (χ2n) is 7.22. The molecule has 1 heterocycles. The minimum absolute atomic E-state index is 0.0209. The highest BCUT2D eigenvalue weighted by Gasteiger charge is 2.28. The van der Waals surface area contributed by atoms with Crippen LogP contribution in [0.2, 0.25) is 0 Å². The first-order chi connectivity index (χ1) is 14.8. The molecule has 0 aliphatic carbocycles. The van der Waals surface area contributed by atoms with Crippen molar-refractivity contribution in [1.82, 2.24) is 9.71 Å². The van der Waals surface area contributed by atoms with E-state index in [0.29, 0.717) is 5.69 Å². The molecular formula is C23H24N2O4S2. The summed E-state index contributed by atoms with van der Waals surface area (Å²) < 4.78 is 32.7. The number of sulfonamides is 1. The lowest BCUT2D eigenvalue weighted by molar-refractivity contribution is -0.148. The van der Waals surface area contributed by atoms with E-state index in [1.165, 1.54) is 17.4 Å². The zero-order valence-corrected chi connectivity index (χ0v) is 18.9. The minimum Gasteiger partial charge on any atom is -0.458 e. The Kier molecular flexibility index (Phi) is 7.73. The van der Waals surface area contributed by atoms with Crippen molar-refractivity contribution in [2.24, 2.45) is 5.92 Å². The smallest absolute Gasteiger partial charge is 0.324 e. The molecule has 0 amide bonds. The van der Waals surface area contributed by atoms with Crippen LogP contribution >= 0.6 is 11.3 Å². The molecular weight excluding hydrogens is 432 g/mol. The van der Waals surface area contributed by atoms with Gasteiger partial charge in [0.25, 0.3) is 0 Å². The number of nitrogens with zero attached hydrogens (tertiary/aromatic N) is 1. The topological polar surface area (TPSA) is 85.4 Å². The number of nitrogens with one attached hydrogen (secondary N) is 1. The summed E-state index contributed by atoms with van der Waals surface area (Å²) in [6.07, 6.45) is 1.48. The first kappa shape index (κ1) is 22.9. The summed E-state index contributed by atoms with van der Waals surface area (Å²) in [5.41, 5.74) is 2.35. The summed E-state index contributed by atoms with van der Waals surface area (Å²) in [6.45, 7) is 3.49. The number of aromatic nitrogens is 1. The molecule has 0 aliphatic heterocycles. The zero-order chi connectivity index (χ0) is 22.3. The van der Waals surface area contributed by atoms with Crippen LogP contribution in [0.1, 0.15) is 25.1 Å². The van der Waals surface area contributed by atoms with Gasteiger partial charge in [-0.1, -0.05) is 74.5 Å². The summed E-state index contributed by atoms with van der Waals surface area (Å²) in [6, 6.07) is 17.8. The summed E-state index contributed by atoms with van der Waals surface area (Å²) in [5.74, 6) is -0.927. The molecule has 8 heteroatoms. The number of hydrogen-bond donors (Lipinski definition) is 1. The molecule has 0 unspecified atom stereocenters. The zero-order valence-electron chi connectivity index (χ0n) is 17.3. The van der Waals surface area contributed by atoms with Gasteiger partial charge in [0.15, 0.2) is 0 Å². The van der Waals surface area contributed by atoms with Gasteiger partial charge >= 0.3 is 5.97 Å². The Labute approximate surface area is 186 Å². The second kappa shape index (κ2) is 10.5. The maximum absolute atomic E-state index is 12.6. The summed E-state index contributed by atoms with van der Waals surface area (Å²) in [4.78, 5) is 17.1. The van der Waals surface area contributed by atoms with Crippen molar-refractivity contribution in [1.29, 1.82) is 0 Å². The van der Waals surface area contributed by atoms with Crippen LogP contribution in [-0.4, -0.2) is 25.4 Å². The normalized spacial score (nSPS) is 12.9. The number of thiazole rings is 1. The Morgan fingerprint density at radius 2 is 1.74 bits per heavy atom. The average molecular weight is 457 g/mol. The largest absolute Gasteiger partial charge is 0.458 e. The van der Waals surface area contributed by atoms with Crippen molar-refractivity contribution in [3.05, 3.63) is 82.7 Å². The van der Waals surface area contributed by atoms with Crippen LogP contribution in [0.15, 0.2) is 71.5 Å². The van der Waals surface area contributed by atoms with Crippen molar-refractivity contribution in [3.8, 4) is 10.6 Å². The maximum Gasteiger partial charge on any atom is 0.324 e. The number of rotatable bonds is 9. The molecule has 31 heavy (non-hydrogen) atoms. The molecule has 0 saturated heterocycles. The molecule has 0 fully saturated rings. The maximum atomic E-state index is 12.6. The highest BCUT2D eigenvalue weighted by atomic mass is 32.2. The fourth-order valence-electron chi connectivity index (χ4n) is 2.73. The Hall–Kier alpha value is -2.81. The van der Waals surface area contributed by atoms with Gasteiger partial charge in [0.1, 0.15) is 17.7 Å². The highest BCUT2D eigenvalue weighted by Crippen LogP contribution is 2.23. The van der Waals surface area contributed by atoms with Crippen LogP contribution < -0.4 is 4.72 Å². The van der Waals surface area contributed by atoms with Gasteiger partial charge in [-0.15, -0.1) is 11.3 Å². The Morgan fingerprint density at radius 3 is 2.39 bits per heavy atom. The lowest BCUT2D eigenvalue weighted by Gasteiger charge is -2.19. The van der Waals surface area contributed by atoms with Crippen molar-refractivity contribution in [3.63, 3.8) is 0 Å². The Bertz CT molecular complexity index is 1120. The van der Waals surface area contributed by atoms with E-state index in [9.17, 15) is 13.2 Å². The number of ether oxygens (including phenoxy) is 1. The van der Waals surface area contributed by atoms with Crippen LogP contribution in [0.5, 0.6) is 0 Å². The van der Waals surface area contributed by atoms with E-state index in [1.54, 1.807) is 26.0 Å². The number of hydrogen-bond acceptors (Lipinski definition) is 6. The lowest BCUT2D eigenvalue weighted by Crippen LogP contribution is -2.44. The minimum atomic E-state index is -3.83. The molecule has 3 aromatic rings. The molecule has 0 aliphatic rings. The molecule has 0 radical (unpaired) electrons. The summed E-state index contributed by atoms with van der Waals surface area (Å²) in [7, 11) is -3.83. The van der Waals surface area contributed by atoms with E-state index in [0.717, 1.165) is 21.5 Å². The molecule has 3 rings (SSSR count). The lowest BCUT2D eigenvalue weighted by atomic mass is 10.1. The molecule has 2 aromatic carbocycles. The number of carbonyl (C=O) groups is 1. The summed E-state index contributed by atoms with van der Waals surface area (Å²) in [5, 5.41) is 3.71. The van der Waals surface area contributed by atoms with E-state index in [-0.39, 0.29) is 12.5 Å². The third kappa shape index (κ3) is 6.85. The predicted molar refractivity (Wildman–Crippen MR) is 124 cm³/mol. The van der Waals surface area contributed by atoms with Crippen molar-refractivity contribution in [2.45, 2.75) is 26.5 Å². The number of esters is 1. The van der Waals surface area contributed by atoms with Crippen LogP contribution in [-0.2, 0) is 26.2 Å². The van der Waals surface area contributed by atoms with Gasteiger partial charge in [0.05, 0.1) is 5.69 Å². The van der Waals surface area contributed by atoms with Gasteiger partial charge < -0.3 is 4.74 Å². The third-order valence-electron chi connectivity index (χ3n) is 4.39. The van der Waals surface area contributed by atoms with Crippen molar-refractivity contribution >= 4 is 33.4 Å². The number of carbonyl (C=O) groups excluding carboxylic acids is 1. The fraction of sp³-hybridized carbons (Fsp3) is 0.217. The van der Waals surface area contributed by atoms with E-state index in [4.69, 9.17) is 4.74 Å². The predicted octanol–water partition coefficient (Wildman–Crippen LogP) is 4.47. The SMILES string of the molecule is CC(C)[C@H](NS(=O)(=O)/C=C/c1ccccc1)C(=O)OCc1csc(-c2ccccc2)n1. The van der Waals surface area contributed by atoms with Crippen molar-refractivity contribution < 1.29 is 17.9 Å². The van der Waals surface area contributed by atoms with Crippen LogP contribution in [0.4, 0.5) is 0 Å². The first-order valence-corrected chi connectivity index (χ1v) is 12.2. The monoisotopic (exact) mass is 456 g/mol. The first-order valence-electron chi connectivity index (χ1n) is 9.76. The van der Waals surface area contributed by atoms with E-state index < -0.39 is 22.0 Å². The van der Waals surface area contributed by atoms with Gasteiger partial charge in [0.2, 0.25) is 10.0 Å². The highest BCUT2D eigenvalue weighted by molar-refractivity contribution is 7.92. The average Bonchev–Trinajstić information content (AvgIpc) is 3.25. The Morgan fingerprint density at radius 1 is 1.10 bits per heavy atom. The van der Waals surface area contributed by atoms with E-state index >= 15 is 0 Å². The molecule has 1 atom stereocenters.